The highest BCUT2D eigenvalue weighted by atomic mass is 16.5. The highest BCUT2D eigenvalue weighted by Crippen LogP contribution is 2.22. The largest absolute Gasteiger partial charge is 0.496 e. The van der Waals surface area contributed by atoms with Crippen LogP contribution in [0.25, 0.3) is 0 Å². The summed E-state index contributed by atoms with van der Waals surface area (Å²) in [5, 5.41) is 0. The first-order chi connectivity index (χ1) is 12.6. The summed E-state index contributed by atoms with van der Waals surface area (Å²) in [7, 11) is 1.54. The van der Waals surface area contributed by atoms with Crippen molar-refractivity contribution in [3.63, 3.8) is 0 Å². The third kappa shape index (κ3) is 4.45. The molecule has 0 aliphatic rings. The third-order valence-corrected chi connectivity index (χ3v) is 4.48. The number of esters is 1. The third-order valence-electron chi connectivity index (χ3n) is 4.48. The van der Waals surface area contributed by atoms with Crippen LogP contribution in [0.4, 0.5) is 0 Å². The van der Waals surface area contributed by atoms with Crippen LogP contribution in [0.3, 0.4) is 0 Å². The molecule has 1 N–H and O–H groups in total. The second-order valence-electron chi connectivity index (χ2n) is 6.67. The highest BCUT2D eigenvalue weighted by molar-refractivity contribution is 6.05. The van der Waals surface area contributed by atoms with Gasteiger partial charge < -0.3 is 14.5 Å². The molecule has 6 nitrogen and oxygen atoms in total. The van der Waals surface area contributed by atoms with Gasteiger partial charge in [-0.25, -0.2) is 0 Å². The predicted molar refractivity (Wildman–Crippen MR) is 102 cm³/mol. The highest BCUT2D eigenvalue weighted by Gasteiger charge is 2.26. The monoisotopic (exact) mass is 371 g/mol. The van der Waals surface area contributed by atoms with Gasteiger partial charge in [-0.1, -0.05) is 17.7 Å². The van der Waals surface area contributed by atoms with E-state index in [0.717, 1.165) is 5.56 Å². The molecule has 1 heterocycles. The molecule has 27 heavy (non-hydrogen) atoms. The summed E-state index contributed by atoms with van der Waals surface area (Å²) in [6, 6.07) is 5.54. The van der Waals surface area contributed by atoms with Crippen LogP contribution in [0.2, 0.25) is 0 Å². The van der Waals surface area contributed by atoms with E-state index in [1.54, 1.807) is 19.9 Å². The molecule has 0 saturated heterocycles. The zero-order valence-electron chi connectivity index (χ0n) is 16.6. The van der Waals surface area contributed by atoms with Gasteiger partial charge in [0.25, 0.3) is 0 Å². The minimum absolute atomic E-state index is 0.00387. The zero-order chi connectivity index (χ0) is 20.3. The molecule has 0 fully saturated rings. The minimum Gasteiger partial charge on any atom is -0.496 e. The van der Waals surface area contributed by atoms with Crippen molar-refractivity contribution in [2.45, 2.75) is 47.1 Å². The smallest absolute Gasteiger partial charge is 0.311 e. The van der Waals surface area contributed by atoms with E-state index in [0.29, 0.717) is 33.8 Å². The lowest BCUT2D eigenvalue weighted by Crippen LogP contribution is -2.26. The molecule has 0 spiro atoms. The Bertz CT molecular complexity index is 894. The van der Waals surface area contributed by atoms with Crippen molar-refractivity contribution >= 4 is 17.5 Å². The number of hydrogen-bond donors (Lipinski definition) is 1. The van der Waals surface area contributed by atoms with E-state index in [1.807, 2.05) is 19.1 Å². The number of aromatic amines is 1. The number of rotatable bonds is 7. The number of aryl methyl sites for hydroxylation is 2. The molecule has 2 aromatic rings. The van der Waals surface area contributed by atoms with E-state index in [1.165, 1.54) is 21.0 Å². The minimum atomic E-state index is -0.968. The van der Waals surface area contributed by atoms with Gasteiger partial charge in [-0.15, -0.1) is 0 Å². The van der Waals surface area contributed by atoms with Gasteiger partial charge in [0.15, 0.2) is 11.9 Å². The Morgan fingerprint density at radius 3 is 2.37 bits per heavy atom. The van der Waals surface area contributed by atoms with Crippen molar-refractivity contribution < 1.29 is 23.9 Å². The number of nitrogens with one attached hydrogen (secondary N) is 1. The first kappa shape index (κ1) is 20.4. The Labute approximate surface area is 158 Å². The number of H-pyrrole nitrogens is 1. The molecule has 0 saturated carbocycles. The summed E-state index contributed by atoms with van der Waals surface area (Å²) >= 11 is 0. The van der Waals surface area contributed by atoms with Crippen molar-refractivity contribution in [2.24, 2.45) is 0 Å². The molecular formula is C21H25NO5. The second kappa shape index (κ2) is 8.20. The standard InChI is InChI=1S/C21H25NO5/c1-11-7-8-17(26-6)16(9-11)10-18(24)27-15(5)21(25)20-12(2)19(14(4)23)13(3)22-20/h7-9,15,22H,10H2,1-6H3/t15-/m1/s1. The fourth-order valence-corrected chi connectivity index (χ4v) is 3.22. The number of hydrogen-bond acceptors (Lipinski definition) is 5. The van der Waals surface area contributed by atoms with Gasteiger partial charge in [0, 0.05) is 16.8 Å². The fraction of sp³-hybridized carbons (Fsp3) is 0.381. The molecule has 6 heteroatoms. The summed E-state index contributed by atoms with van der Waals surface area (Å²) in [4.78, 5) is 39.7. The number of methoxy groups -OCH3 is 1. The lowest BCUT2D eigenvalue weighted by atomic mass is 10.0. The molecular weight excluding hydrogens is 346 g/mol. The van der Waals surface area contributed by atoms with E-state index in [-0.39, 0.29) is 18.0 Å². The van der Waals surface area contributed by atoms with Gasteiger partial charge in [0.05, 0.1) is 19.2 Å². The Balaban J connectivity index is 2.13. The van der Waals surface area contributed by atoms with Crippen molar-refractivity contribution in [1.82, 2.24) is 4.98 Å². The Morgan fingerprint density at radius 2 is 1.81 bits per heavy atom. The topological polar surface area (TPSA) is 85.5 Å². The van der Waals surface area contributed by atoms with Crippen LogP contribution in [0.1, 0.15) is 57.1 Å². The average molecular weight is 371 g/mol. The summed E-state index contributed by atoms with van der Waals surface area (Å²) in [6.07, 6.45) is -0.964. The van der Waals surface area contributed by atoms with E-state index >= 15 is 0 Å². The maximum absolute atomic E-state index is 12.7. The van der Waals surface area contributed by atoms with Gasteiger partial charge in [-0.3, -0.25) is 14.4 Å². The number of carbonyl (C=O) groups excluding carboxylic acids is 3. The number of ether oxygens (including phenoxy) is 2. The van der Waals surface area contributed by atoms with Crippen LogP contribution in [0.15, 0.2) is 18.2 Å². The zero-order valence-corrected chi connectivity index (χ0v) is 16.6. The van der Waals surface area contributed by atoms with E-state index in [4.69, 9.17) is 9.47 Å². The summed E-state index contributed by atoms with van der Waals surface area (Å²) in [5.41, 5.74) is 3.71. The van der Waals surface area contributed by atoms with E-state index in [2.05, 4.69) is 4.98 Å². The fourth-order valence-electron chi connectivity index (χ4n) is 3.22. The number of carbonyl (C=O) groups is 3. The summed E-state index contributed by atoms with van der Waals surface area (Å²) in [6.45, 7) is 8.34. The van der Waals surface area contributed by atoms with Crippen molar-refractivity contribution in [3.8, 4) is 5.75 Å². The molecule has 0 aliphatic carbocycles. The van der Waals surface area contributed by atoms with Gasteiger partial charge in [0.2, 0.25) is 5.78 Å². The number of benzene rings is 1. The van der Waals surface area contributed by atoms with Crippen LogP contribution in [-0.4, -0.2) is 35.7 Å². The number of Topliss-reactive ketones (excluding diaryl/α,β-unsaturated/α-hetero) is 2. The van der Waals surface area contributed by atoms with Gasteiger partial charge >= 0.3 is 5.97 Å². The molecule has 1 aromatic carbocycles. The van der Waals surface area contributed by atoms with Gasteiger partial charge in [-0.05, 0) is 46.2 Å². The van der Waals surface area contributed by atoms with Crippen LogP contribution >= 0.6 is 0 Å². The van der Waals surface area contributed by atoms with Crippen molar-refractivity contribution in [3.05, 3.63) is 51.8 Å². The Morgan fingerprint density at radius 1 is 1.15 bits per heavy atom. The van der Waals surface area contributed by atoms with Crippen LogP contribution < -0.4 is 4.74 Å². The van der Waals surface area contributed by atoms with Gasteiger partial charge in [-0.2, -0.15) is 0 Å². The Hall–Kier alpha value is -2.89. The van der Waals surface area contributed by atoms with E-state index < -0.39 is 12.1 Å². The molecule has 1 aromatic heterocycles. The lowest BCUT2D eigenvalue weighted by Gasteiger charge is -2.14. The molecule has 0 amide bonds. The number of aromatic nitrogens is 1. The Kier molecular flexibility index (Phi) is 6.20. The molecule has 0 aliphatic heterocycles. The van der Waals surface area contributed by atoms with Crippen LogP contribution in [0, 0.1) is 20.8 Å². The second-order valence-corrected chi connectivity index (χ2v) is 6.67. The quantitative estimate of drug-likeness (QED) is 0.595. The van der Waals surface area contributed by atoms with Crippen LogP contribution in [0.5, 0.6) is 5.75 Å². The predicted octanol–water partition coefficient (Wildman–Crippen LogP) is 3.51. The SMILES string of the molecule is COc1ccc(C)cc1CC(=O)O[C@H](C)C(=O)c1[nH]c(C)c(C(C)=O)c1C. The molecule has 0 unspecified atom stereocenters. The molecule has 1 atom stereocenters. The van der Waals surface area contributed by atoms with Gasteiger partial charge in [0.1, 0.15) is 5.75 Å². The maximum atomic E-state index is 12.7. The summed E-state index contributed by atoms with van der Waals surface area (Å²) < 4.78 is 10.6. The average Bonchev–Trinajstić information content (AvgIpc) is 2.88. The normalized spacial score (nSPS) is 11.8. The summed E-state index contributed by atoms with van der Waals surface area (Å²) in [5.74, 6) is -0.407. The molecule has 0 radical (unpaired) electrons. The number of ketones is 2. The lowest BCUT2D eigenvalue weighted by molar-refractivity contribution is -0.145. The van der Waals surface area contributed by atoms with Crippen molar-refractivity contribution in [2.75, 3.05) is 7.11 Å². The first-order valence-electron chi connectivity index (χ1n) is 8.73. The first-order valence-corrected chi connectivity index (χ1v) is 8.73. The molecule has 0 bridgehead atoms. The van der Waals surface area contributed by atoms with E-state index in [9.17, 15) is 14.4 Å². The molecule has 144 valence electrons. The van der Waals surface area contributed by atoms with Crippen molar-refractivity contribution in [1.29, 1.82) is 0 Å². The van der Waals surface area contributed by atoms with Crippen LogP contribution in [-0.2, 0) is 16.0 Å². The maximum Gasteiger partial charge on any atom is 0.311 e. The molecule has 2 rings (SSSR count).